The lowest BCUT2D eigenvalue weighted by Crippen LogP contribution is -2.19. The van der Waals surface area contributed by atoms with Crippen molar-refractivity contribution < 1.29 is 4.74 Å². The number of aryl methyl sites for hydroxylation is 1. The van der Waals surface area contributed by atoms with Gasteiger partial charge in [-0.15, -0.1) is 0 Å². The van der Waals surface area contributed by atoms with Crippen LogP contribution in [0.15, 0.2) is 42.6 Å². The molecule has 0 aliphatic carbocycles. The molecule has 0 amide bonds. The van der Waals surface area contributed by atoms with E-state index in [2.05, 4.69) is 28.5 Å². The lowest BCUT2D eigenvalue weighted by molar-refractivity contribution is 0.414. The van der Waals surface area contributed by atoms with E-state index in [0.29, 0.717) is 0 Å². The molecule has 0 fully saturated rings. The summed E-state index contributed by atoms with van der Waals surface area (Å²) in [5.41, 5.74) is 3.45. The van der Waals surface area contributed by atoms with Crippen LogP contribution in [0, 0.1) is 6.92 Å². The average Bonchev–Trinajstić information content (AvgIpc) is 2.42. The number of nitrogens with one attached hydrogen (secondary N) is 1. The van der Waals surface area contributed by atoms with Crippen LogP contribution >= 0.6 is 0 Å². The second-order valence-electron chi connectivity index (χ2n) is 4.17. The van der Waals surface area contributed by atoms with Gasteiger partial charge in [0.25, 0.3) is 0 Å². The fourth-order valence-corrected chi connectivity index (χ4v) is 2.10. The summed E-state index contributed by atoms with van der Waals surface area (Å²) < 4.78 is 5.18. The van der Waals surface area contributed by atoms with Crippen molar-refractivity contribution >= 4 is 0 Å². The van der Waals surface area contributed by atoms with Gasteiger partial charge in [-0.3, -0.25) is 4.98 Å². The molecular formula is C15H18N2O. The van der Waals surface area contributed by atoms with E-state index in [-0.39, 0.29) is 6.04 Å². The summed E-state index contributed by atoms with van der Waals surface area (Å²) >= 11 is 0. The highest BCUT2D eigenvalue weighted by Crippen LogP contribution is 2.25. The Morgan fingerprint density at radius 1 is 1.17 bits per heavy atom. The van der Waals surface area contributed by atoms with Gasteiger partial charge in [-0.25, -0.2) is 0 Å². The molecule has 1 aromatic carbocycles. The highest BCUT2D eigenvalue weighted by atomic mass is 16.5. The van der Waals surface area contributed by atoms with Gasteiger partial charge in [0.05, 0.1) is 13.2 Å². The van der Waals surface area contributed by atoms with Crippen LogP contribution in [-0.4, -0.2) is 19.1 Å². The number of benzene rings is 1. The number of hydrogen-bond donors (Lipinski definition) is 1. The second kappa shape index (κ2) is 5.65. The Morgan fingerprint density at radius 3 is 2.44 bits per heavy atom. The molecule has 18 heavy (non-hydrogen) atoms. The third-order valence-corrected chi connectivity index (χ3v) is 3.10. The Morgan fingerprint density at radius 2 is 1.89 bits per heavy atom. The summed E-state index contributed by atoms with van der Waals surface area (Å²) in [5, 5.41) is 3.33. The first-order valence-electron chi connectivity index (χ1n) is 5.99. The van der Waals surface area contributed by atoms with Crippen molar-refractivity contribution in [3.63, 3.8) is 0 Å². The number of ether oxygens (including phenoxy) is 1. The number of hydrogen-bond acceptors (Lipinski definition) is 3. The summed E-state index contributed by atoms with van der Waals surface area (Å²) in [7, 11) is 3.64. The van der Waals surface area contributed by atoms with Gasteiger partial charge >= 0.3 is 0 Å². The van der Waals surface area contributed by atoms with E-state index in [9.17, 15) is 0 Å². The van der Waals surface area contributed by atoms with Crippen LogP contribution in [0.3, 0.4) is 0 Å². The highest BCUT2D eigenvalue weighted by Gasteiger charge is 2.14. The number of nitrogens with zero attached hydrogens (tertiary/aromatic N) is 1. The van der Waals surface area contributed by atoms with E-state index in [1.54, 1.807) is 7.11 Å². The molecule has 0 aliphatic rings. The maximum Gasteiger partial charge on any atom is 0.118 e. The summed E-state index contributed by atoms with van der Waals surface area (Å²) in [4.78, 5) is 4.34. The monoisotopic (exact) mass is 242 g/mol. The molecule has 0 bridgehead atoms. The van der Waals surface area contributed by atoms with Crippen LogP contribution in [0.5, 0.6) is 5.75 Å². The maximum atomic E-state index is 5.18. The molecule has 3 heteroatoms. The standard InChI is InChI=1S/C15H18N2O/c1-11-14(5-4-10-17-11)15(16-2)12-6-8-13(18-3)9-7-12/h4-10,15-16H,1-3H3. The van der Waals surface area contributed by atoms with Gasteiger partial charge in [0.15, 0.2) is 0 Å². The first-order valence-corrected chi connectivity index (χ1v) is 5.99. The minimum Gasteiger partial charge on any atom is -0.497 e. The van der Waals surface area contributed by atoms with Gasteiger partial charge in [-0.2, -0.15) is 0 Å². The molecular weight excluding hydrogens is 224 g/mol. The Balaban J connectivity index is 2.36. The van der Waals surface area contributed by atoms with E-state index < -0.39 is 0 Å². The third kappa shape index (κ3) is 2.51. The second-order valence-corrected chi connectivity index (χ2v) is 4.17. The quantitative estimate of drug-likeness (QED) is 0.895. The minimum atomic E-state index is 0.157. The average molecular weight is 242 g/mol. The fraction of sp³-hybridized carbons (Fsp3) is 0.267. The van der Waals surface area contributed by atoms with Crippen LogP contribution in [0.4, 0.5) is 0 Å². The van der Waals surface area contributed by atoms with Crippen molar-refractivity contribution in [2.24, 2.45) is 0 Å². The van der Waals surface area contributed by atoms with Gasteiger partial charge in [0.1, 0.15) is 5.75 Å². The number of methoxy groups -OCH3 is 1. The smallest absolute Gasteiger partial charge is 0.118 e. The molecule has 94 valence electrons. The van der Waals surface area contributed by atoms with Gasteiger partial charge < -0.3 is 10.1 Å². The minimum absolute atomic E-state index is 0.157. The predicted molar refractivity (Wildman–Crippen MR) is 72.9 cm³/mol. The number of rotatable bonds is 4. The lowest BCUT2D eigenvalue weighted by atomic mass is 9.98. The van der Waals surface area contributed by atoms with Crippen molar-refractivity contribution in [2.45, 2.75) is 13.0 Å². The van der Waals surface area contributed by atoms with E-state index in [1.165, 1.54) is 11.1 Å². The molecule has 0 saturated carbocycles. The van der Waals surface area contributed by atoms with Crippen molar-refractivity contribution in [1.29, 1.82) is 0 Å². The normalized spacial score (nSPS) is 12.2. The molecule has 1 unspecified atom stereocenters. The molecule has 1 N–H and O–H groups in total. The van der Waals surface area contributed by atoms with Crippen molar-refractivity contribution in [3.8, 4) is 5.75 Å². The molecule has 2 rings (SSSR count). The number of pyridine rings is 1. The Kier molecular flexibility index (Phi) is 3.95. The molecule has 3 nitrogen and oxygen atoms in total. The summed E-state index contributed by atoms with van der Waals surface area (Å²) in [6.07, 6.45) is 1.82. The first kappa shape index (κ1) is 12.6. The molecule has 1 heterocycles. The van der Waals surface area contributed by atoms with Crippen LogP contribution in [-0.2, 0) is 0 Å². The zero-order valence-electron chi connectivity index (χ0n) is 11.0. The zero-order chi connectivity index (χ0) is 13.0. The summed E-state index contributed by atoms with van der Waals surface area (Å²) in [5.74, 6) is 0.872. The van der Waals surface area contributed by atoms with Gasteiger partial charge in [-0.1, -0.05) is 18.2 Å². The predicted octanol–water partition coefficient (Wildman–Crippen LogP) is 2.71. The Labute approximate surface area is 108 Å². The van der Waals surface area contributed by atoms with Crippen molar-refractivity contribution in [1.82, 2.24) is 10.3 Å². The lowest BCUT2D eigenvalue weighted by Gasteiger charge is -2.19. The largest absolute Gasteiger partial charge is 0.497 e. The van der Waals surface area contributed by atoms with E-state index >= 15 is 0 Å². The van der Waals surface area contributed by atoms with E-state index in [0.717, 1.165) is 11.4 Å². The molecule has 0 radical (unpaired) electrons. The van der Waals surface area contributed by atoms with Gasteiger partial charge in [0.2, 0.25) is 0 Å². The summed E-state index contributed by atoms with van der Waals surface area (Å²) in [6, 6.07) is 12.3. The maximum absolute atomic E-state index is 5.18. The van der Waals surface area contributed by atoms with Crippen LogP contribution in [0.2, 0.25) is 0 Å². The van der Waals surface area contributed by atoms with Crippen LogP contribution in [0.25, 0.3) is 0 Å². The molecule has 2 aromatic rings. The Hall–Kier alpha value is -1.87. The topological polar surface area (TPSA) is 34.1 Å². The van der Waals surface area contributed by atoms with E-state index in [1.807, 2.05) is 38.4 Å². The SMILES string of the molecule is CNC(c1ccc(OC)cc1)c1cccnc1C. The van der Waals surface area contributed by atoms with Crippen molar-refractivity contribution in [2.75, 3.05) is 14.2 Å². The molecule has 1 atom stereocenters. The van der Waals surface area contributed by atoms with Crippen LogP contribution < -0.4 is 10.1 Å². The fourth-order valence-electron chi connectivity index (χ4n) is 2.10. The molecule has 0 saturated heterocycles. The van der Waals surface area contributed by atoms with Gasteiger partial charge in [0, 0.05) is 11.9 Å². The third-order valence-electron chi connectivity index (χ3n) is 3.10. The van der Waals surface area contributed by atoms with E-state index in [4.69, 9.17) is 4.74 Å². The van der Waals surface area contributed by atoms with Gasteiger partial charge in [-0.05, 0) is 43.3 Å². The number of aromatic nitrogens is 1. The molecule has 0 aliphatic heterocycles. The highest BCUT2D eigenvalue weighted by molar-refractivity contribution is 5.36. The zero-order valence-corrected chi connectivity index (χ0v) is 11.0. The Bertz CT molecular complexity index is 508. The molecule has 0 spiro atoms. The van der Waals surface area contributed by atoms with Crippen molar-refractivity contribution in [3.05, 3.63) is 59.4 Å². The summed E-state index contributed by atoms with van der Waals surface area (Å²) in [6.45, 7) is 2.03. The molecule has 1 aromatic heterocycles. The van der Waals surface area contributed by atoms with Crippen LogP contribution in [0.1, 0.15) is 22.9 Å². The first-order chi connectivity index (χ1) is 8.76.